The number of allylic oxidation sites excluding steroid dienone is 1. The molecule has 0 amide bonds. The maximum Gasteiger partial charge on any atom is 0.338 e. The predicted octanol–water partition coefficient (Wildman–Crippen LogP) is 2.93. The number of carbonyl (C=O) groups is 1. The first kappa shape index (κ1) is 18.8. The summed E-state index contributed by atoms with van der Waals surface area (Å²) in [5, 5.41) is 7.42. The number of nitrogens with zero attached hydrogens (tertiary/aromatic N) is 3. The molecule has 2 aromatic rings. The van der Waals surface area contributed by atoms with Crippen LogP contribution in [0.5, 0.6) is 11.5 Å². The quantitative estimate of drug-likeness (QED) is 0.780. The summed E-state index contributed by atoms with van der Waals surface area (Å²) >= 11 is 0. The van der Waals surface area contributed by atoms with E-state index < -0.39 is 12.0 Å². The zero-order chi connectivity index (χ0) is 19.6. The van der Waals surface area contributed by atoms with E-state index in [-0.39, 0.29) is 6.10 Å². The van der Waals surface area contributed by atoms with Crippen molar-refractivity contribution in [3.8, 4) is 11.5 Å². The van der Waals surface area contributed by atoms with Gasteiger partial charge in [-0.3, -0.25) is 0 Å². The first-order valence-corrected chi connectivity index (χ1v) is 8.85. The summed E-state index contributed by atoms with van der Waals surface area (Å²) in [6.45, 7) is 7.91. The van der Waals surface area contributed by atoms with Crippen LogP contribution in [-0.4, -0.2) is 40.6 Å². The third kappa shape index (κ3) is 3.60. The van der Waals surface area contributed by atoms with Gasteiger partial charge < -0.3 is 19.5 Å². The number of hydrogen-bond donors (Lipinski definition) is 1. The van der Waals surface area contributed by atoms with E-state index in [0.29, 0.717) is 35.3 Å². The lowest BCUT2D eigenvalue weighted by Crippen LogP contribution is -2.30. The molecule has 27 heavy (non-hydrogen) atoms. The van der Waals surface area contributed by atoms with Gasteiger partial charge in [0.05, 0.1) is 25.4 Å². The average Bonchev–Trinajstić information content (AvgIpc) is 3.08. The van der Waals surface area contributed by atoms with Crippen LogP contribution in [0, 0.1) is 0 Å². The Balaban J connectivity index is 2.11. The molecule has 1 aromatic carbocycles. The van der Waals surface area contributed by atoms with E-state index in [0.717, 1.165) is 5.56 Å². The minimum atomic E-state index is -0.487. The highest BCUT2D eigenvalue weighted by molar-refractivity contribution is 5.92. The van der Waals surface area contributed by atoms with Crippen molar-refractivity contribution in [2.75, 3.05) is 19.0 Å². The molecule has 1 atom stereocenters. The lowest BCUT2D eigenvalue weighted by molar-refractivity contribution is -0.143. The van der Waals surface area contributed by atoms with Crippen LogP contribution in [0.1, 0.15) is 39.3 Å². The lowest BCUT2D eigenvalue weighted by atomic mass is 9.95. The Morgan fingerprint density at radius 1 is 1.33 bits per heavy atom. The van der Waals surface area contributed by atoms with Crippen molar-refractivity contribution in [2.24, 2.45) is 0 Å². The third-order valence-corrected chi connectivity index (χ3v) is 4.16. The zero-order valence-electron chi connectivity index (χ0n) is 16.1. The van der Waals surface area contributed by atoms with Crippen molar-refractivity contribution in [1.29, 1.82) is 0 Å². The molecular formula is C19H24N4O4. The summed E-state index contributed by atoms with van der Waals surface area (Å²) in [4.78, 5) is 17.0. The summed E-state index contributed by atoms with van der Waals surface area (Å²) in [7, 11) is 1.58. The fourth-order valence-corrected chi connectivity index (χ4v) is 3.07. The number of ether oxygens (including phenoxy) is 3. The van der Waals surface area contributed by atoms with Gasteiger partial charge in [0, 0.05) is 5.70 Å². The highest BCUT2D eigenvalue weighted by Gasteiger charge is 2.35. The number of rotatable bonds is 6. The van der Waals surface area contributed by atoms with Crippen LogP contribution in [0.3, 0.4) is 0 Å². The Kier molecular flexibility index (Phi) is 5.34. The molecule has 1 N–H and O–H groups in total. The molecule has 0 saturated heterocycles. The van der Waals surface area contributed by atoms with E-state index in [1.54, 1.807) is 11.8 Å². The van der Waals surface area contributed by atoms with E-state index in [1.807, 2.05) is 45.9 Å². The number of aromatic nitrogens is 3. The number of methoxy groups -OCH3 is 1. The molecule has 3 rings (SSSR count). The molecule has 0 spiro atoms. The highest BCUT2D eigenvalue weighted by Crippen LogP contribution is 2.38. The van der Waals surface area contributed by atoms with Crippen LogP contribution < -0.4 is 14.8 Å². The van der Waals surface area contributed by atoms with Crippen molar-refractivity contribution in [1.82, 2.24) is 14.8 Å². The van der Waals surface area contributed by atoms with Crippen LogP contribution in [-0.2, 0) is 9.53 Å². The highest BCUT2D eigenvalue weighted by atomic mass is 16.5. The molecule has 8 nitrogen and oxygen atoms in total. The van der Waals surface area contributed by atoms with Crippen LogP contribution in [0.2, 0.25) is 0 Å². The van der Waals surface area contributed by atoms with Crippen LogP contribution in [0.25, 0.3) is 0 Å². The summed E-state index contributed by atoms with van der Waals surface area (Å²) in [6.07, 6.45) is 1.22. The Hall–Kier alpha value is -3.03. The minimum absolute atomic E-state index is 0.231. The fourth-order valence-electron chi connectivity index (χ4n) is 3.07. The van der Waals surface area contributed by atoms with Gasteiger partial charge in [-0.05, 0) is 45.4 Å². The summed E-state index contributed by atoms with van der Waals surface area (Å²) < 4.78 is 18.2. The van der Waals surface area contributed by atoms with Crippen molar-refractivity contribution in [3.63, 3.8) is 0 Å². The van der Waals surface area contributed by atoms with Crippen molar-refractivity contribution >= 4 is 11.9 Å². The molecule has 1 aliphatic rings. The number of fused-ring (bicyclic) bond motifs is 1. The smallest absolute Gasteiger partial charge is 0.338 e. The minimum Gasteiger partial charge on any atom is -0.493 e. The largest absolute Gasteiger partial charge is 0.493 e. The van der Waals surface area contributed by atoms with Gasteiger partial charge in [0.1, 0.15) is 12.4 Å². The molecule has 0 saturated carbocycles. The molecular weight excluding hydrogens is 348 g/mol. The fraction of sp³-hybridized carbons (Fsp3) is 0.421. The first-order valence-electron chi connectivity index (χ1n) is 8.85. The monoisotopic (exact) mass is 372 g/mol. The Morgan fingerprint density at radius 3 is 2.78 bits per heavy atom. The summed E-state index contributed by atoms with van der Waals surface area (Å²) in [6, 6.07) is 5.09. The average molecular weight is 372 g/mol. The molecule has 8 heteroatoms. The molecule has 0 radical (unpaired) electrons. The number of carbonyl (C=O) groups excluding carboxylic acids is 1. The number of hydrogen-bond acceptors (Lipinski definition) is 7. The standard InChI is InChI=1S/C19H24N4O4/c1-6-26-14-8-7-13(9-15(14)25-5)17-16(18(24)27-11(2)3)12(4)22-19-20-10-21-23(17)19/h7-11,17H,6H2,1-5H3,(H,20,21,22)/t17-/m1/s1. The molecule has 0 aliphatic carbocycles. The van der Waals surface area contributed by atoms with Gasteiger partial charge in [-0.15, -0.1) is 0 Å². The number of nitrogens with one attached hydrogen (secondary N) is 1. The molecule has 0 bridgehead atoms. The van der Waals surface area contributed by atoms with Gasteiger partial charge in [0.2, 0.25) is 5.95 Å². The van der Waals surface area contributed by atoms with E-state index >= 15 is 0 Å². The van der Waals surface area contributed by atoms with Gasteiger partial charge in [-0.1, -0.05) is 6.07 Å². The van der Waals surface area contributed by atoms with Crippen molar-refractivity contribution in [3.05, 3.63) is 41.4 Å². The van der Waals surface area contributed by atoms with Gasteiger partial charge >= 0.3 is 5.97 Å². The lowest BCUT2D eigenvalue weighted by Gasteiger charge is -2.29. The Labute approximate surface area is 158 Å². The van der Waals surface area contributed by atoms with Crippen LogP contribution in [0.4, 0.5) is 5.95 Å². The number of benzene rings is 1. The van der Waals surface area contributed by atoms with Gasteiger partial charge in [0.25, 0.3) is 0 Å². The predicted molar refractivity (Wildman–Crippen MR) is 99.9 cm³/mol. The van der Waals surface area contributed by atoms with E-state index in [4.69, 9.17) is 14.2 Å². The second-order valence-electron chi connectivity index (χ2n) is 6.39. The Morgan fingerprint density at radius 2 is 2.11 bits per heavy atom. The SMILES string of the molecule is CCOc1ccc([C@@H]2C(C(=O)OC(C)C)=C(C)Nc3ncnn32)cc1OC. The van der Waals surface area contributed by atoms with Crippen molar-refractivity contribution < 1.29 is 19.0 Å². The molecule has 1 aromatic heterocycles. The molecule has 1 aliphatic heterocycles. The van der Waals surface area contributed by atoms with Gasteiger partial charge in [-0.25, -0.2) is 9.48 Å². The second-order valence-corrected chi connectivity index (χ2v) is 6.39. The molecule has 2 heterocycles. The van der Waals surface area contributed by atoms with Crippen LogP contribution >= 0.6 is 0 Å². The molecule has 0 unspecified atom stereocenters. The zero-order valence-corrected chi connectivity index (χ0v) is 16.1. The van der Waals surface area contributed by atoms with E-state index in [9.17, 15) is 4.79 Å². The third-order valence-electron chi connectivity index (χ3n) is 4.16. The first-order chi connectivity index (χ1) is 13.0. The number of anilines is 1. The van der Waals surface area contributed by atoms with E-state index in [2.05, 4.69) is 15.4 Å². The van der Waals surface area contributed by atoms with Gasteiger partial charge in [0.15, 0.2) is 11.5 Å². The normalized spacial score (nSPS) is 16.0. The summed E-state index contributed by atoms with van der Waals surface area (Å²) in [5.74, 6) is 1.40. The molecule has 0 fully saturated rings. The van der Waals surface area contributed by atoms with Gasteiger partial charge in [-0.2, -0.15) is 10.1 Å². The molecule has 144 valence electrons. The van der Waals surface area contributed by atoms with Crippen molar-refractivity contribution in [2.45, 2.75) is 39.8 Å². The Bertz CT molecular complexity index is 872. The van der Waals surface area contributed by atoms with Crippen LogP contribution in [0.15, 0.2) is 35.8 Å². The number of esters is 1. The summed E-state index contributed by atoms with van der Waals surface area (Å²) in [5.41, 5.74) is 1.98. The second kappa shape index (κ2) is 7.69. The topological polar surface area (TPSA) is 87.5 Å². The van der Waals surface area contributed by atoms with E-state index in [1.165, 1.54) is 6.33 Å². The maximum atomic E-state index is 12.8. The maximum absolute atomic E-state index is 12.8.